The Bertz CT molecular complexity index is 886. The van der Waals surface area contributed by atoms with Crippen molar-refractivity contribution in [2.24, 2.45) is 0 Å². The van der Waals surface area contributed by atoms with Crippen molar-refractivity contribution in [3.8, 4) is 5.75 Å². The molecule has 3 rings (SSSR count). The van der Waals surface area contributed by atoms with Crippen LogP contribution >= 0.6 is 0 Å². The minimum Gasteiger partial charge on any atom is -0.492 e. The van der Waals surface area contributed by atoms with Gasteiger partial charge in [-0.05, 0) is 47.9 Å². The van der Waals surface area contributed by atoms with Crippen LogP contribution in [0.4, 0.5) is 0 Å². The zero-order valence-electron chi connectivity index (χ0n) is 14.7. The molecule has 1 N–H and O–H groups in total. The van der Waals surface area contributed by atoms with Crippen molar-refractivity contribution >= 4 is 16.7 Å². The monoisotopic (exact) mass is 333 g/mol. The van der Waals surface area contributed by atoms with Crippen molar-refractivity contribution in [2.45, 2.75) is 20.3 Å². The Morgan fingerprint density at radius 3 is 2.60 bits per heavy atom. The van der Waals surface area contributed by atoms with E-state index in [-0.39, 0.29) is 5.91 Å². The number of aryl methyl sites for hydroxylation is 2. The molecule has 1 amide bonds. The third-order valence-corrected chi connectivity index (χ3v) is 4.27. The molecule has 0 fully saturated rings. The van der Waals surface area contributed by atoms with Gasteiger partial charge in [-0.15, -0.1) is 0 Å². The van der Waals surface area contributed by atoms with Gasteiger partial charge in [0, 0.05) is 0 Å². The number of benzene rings is 3. The first-order valence-electron chi connectivity index (χ1n) is 8.56. The van der Waals surface area contributed by atoms with Crippen LogP contribution < -0.4 is 10.1 Å². The van der Waals surface area contributed by atoms with Crippen LogP contribution in [-0.4, -0.2) is 19.1 Å². The largest absolute Gasteiger partial charge is 0.492 e. The lowest BCUT2D eigenvalue weighted by Gasteiger charge is -2.10. The quantitative estimate of drug-likeness (QED) is 0.687. The fraction of sp³-hybridized carbons (Fsp3) is 0.227. The number of hydrogen-bond donors (Lipinski definition) is 1. The lowest BCUT2D eigenvalue weighted by Crippen LogP contribution is -2.29. The molecular formula is C22H23NO2. The summed E-state index contributed by atoms with van der Waals surface area (Å²) in [7, 11) is 0. The van der Waals surface area contributed by atoms with E-state index in [9.17, 15) is 4.79 Å². The number of amides is 1. The second kappa shape index (κ2) is 7.84. The smallest absolute Gasteiger partial charge is 0.224 e. The van der Waals surface area contributed by atoms with Crippen LogP contribution in [0, 0.1) is 13.8 Å². The van der Waals surface area contributed by atoms with E-state index in [2.05, 4.69) is 35.6 Å². The zero-order valence-corrected chi connectivity index (χ0v) is 14.7. The van der Waals surface area contributed by atoms with E-state index in [0.717, 1.165) is 22.3 Å². The van der Waals surface area contributed by atoms with Crippen LogP contribution in [0.3, 0.4) is 0 Å². The maximum Gasteiger partial charge on any atom is 0.224 e. The highest BCUT2D eigenvalue weighted by Crippen LogP contribution is 2.20. The number of rotatable bonds is 6. The number of carbonyl (C=O) groups excluding carboxylic acids is 1. The van der Waals surface area contributed by atoms with Crippen LogP contribution in [0.5, 0.6) is 5.75 Å². The molecule has 0 unspecified atom stereocenters. The van der Waals surface area contributed by atoms with Gasteiger partial charge in [-0.1, -0.05) is 54.1 Å². The summed E-state index contributed by atoms with van der Waals surface area (Å²) in [4.78, 5) is 12.1. The molecule has 0 aliphatic rings. The van der Waals surface area contributed by atoms with Gasteiger partial charge in [0.05, 0.1) is 13.0 Å². The van der Waals surface area contributed by atoms with Crippen molar-refractivity contribution in [3.63, 3.8) is 0 Å². The van der Waals surface area contributed by atoms with Gasteiger partial charge in [-0.25, -0.2) is 0 Å². The molecule has 3 aromatic rings. The van der Waals surface area contributed by atoms with Gasteiger partial charge >= 0.3 is 0 Å². The number of nitrogens with one attached hydrogen (secondary N) is 1. The number of carbonyl (C=O) groups is 1. The maximum absolute atomic E-state index is 12.1. The van der Waals surface area contributed by atoms with E-state index < -0.39 is 0 Å². The Hall–Kier alpha value is -2.81. The second-order valence-corrected chi connectivity index (χ2v) is 6.31. The minimum absolute atomic E-state index is 0.0239. The van der Waals surface area contributed by atoms with Crippen LogP contribution in [-0.2, 0) is 11.2 Å². The number of hydrogen-bond acceptors (Lipinski definition) is 2. The Morgan fingerprint density at radius 2 is 1.76 bits per heavy atom. The average molecular weight is 333 g/mol. The molecule has 0 aliphatic heterocycles. The molecule has 0 atom stereocenters. The molecule has 0 spiro atoms. The van der Waals surface area contributed by atoms with Crippen molar-refractivity contribution in [2.75, 3.05) is 13.2 Å². The number of ether oxygens (including phenoxy) is 1. The SMILES string of the molecule is Cc1ccc(C)c(CC(=O)NCCOc2ccc3ccccc3c2)c1. The van der Waals surface area contributed by atoms with Crippen molar-refractivity contribution in [1.82, 2.24) is 5.32 Å². The van der Waals surface area contributed by atoms with Crippen LogP contribution in [0.2, 0.25) is 0 Å². The molecule has 3 heteroatoms. The van der Waals surface area contributed by atoms with Gasteiger partial charge < -0.3 is 10.1 Å². The zero-order chi connectivity index (χ0) is 17.6. The van der Waals surface area contributed by atoms with Crippen molar-refractivity contribution in [3.05, 3.63) is 77.4 Å². The molecule has 25 heavy (non-hydrogen) atoms. The Kier molecular flexibility index (Phi) is 5.34. The highest BCUT2D eigenvalue weighted by atomic mass is 16.5. The van der Waals surface area contributed by atoms with E-state index in [1.807, 2.05) is 44.2 Å². The Labute approximate surface area is 148 Å². The van der Waals surface area contributed by atoms with Crippen LogP contribution in [0.15, 0.2) is 60.7 Å². The minimum atomic E-state index is 0.0239. The summed E-state index contributed by atoms with van der Waals surface area (Å²) in [6.07, 6.45) is 0.406. The average Bonchev–Trinajstić information content (AvgIpc) is 2.62. The Morgan fingerprint density at radius 1 is 0.960 bits per heavy atom. The first kappa shape index (κ1) is 17.0. The summed E-state index contributed by atoms with van der Waals surface area (Å²) < 4.78 is 5.74. The van der Waals surface area contributed by atoms with E-state index in [1.165, 1.54) is 10.9 Å². The number of fused-ring (bicyclic) bond motifs is 1. The van der Waals surface area contributed by atoms with Crippen LogP contribution in [0.1, 0.15) is 16.7 Å². The van der Waals surface area contributed by atoms with Gasteiger partial charge in [0.25, 0.3) is 0 Å². The Balaban J connectivity index is 1.47. The maximum atomic E-state index is 12.1. The lowest BCUT2D eigenvalue weighted by molar-refractivity contribution is -0.120. The van der Waals surface area contributed by atoms with E-state index in [4.69, 9.17) is 4.74 Å². The van der Waals surface area contributed by atoms with Gasteiger partial charge in [0.2, 0.25) is 5.91 Å². The molecule has 0 heterocycles. The predicted molar refractivity (Wildman–Crippen MR) is 102 cm³/mol. The topological polar surface area (TPSA) is 38.3 Å². The fourth-order valence-corrected chi connectivity index (χ4v) is 2.84. The van der Waals surface area contributed by atoms with E-state index in [0.29, 0.717) is 19.6 Å². The summed E-state index contributed by atoms with van der Waals surface area (Å²) in [5.74, 6) is 0.846. The molecule has 0 aromatic heterocycles. The van der Waals surface area contributed by atoms with Crippen molar-refractivity contribution < 1.29 is 9.53 Å². The summed E-state index contributed by atoms with van der Waals surface area (Å²) in [6, 6.07) is 20.4. The highest BCUT2D eigenvalue weighted by Gasteiger charge is 2.06. The molecule has 0 saturated heterocycles. The molecule has 0 aliphatic carbocycles. The standard InChI is InChI=1S/C22H23NO2/c1-16-7-8-17(2)20(13-16)15-22(24)23-11-12-25-21-10-9-18-5-3-4-6-19(18)14-21/h3-10,13-14H,11-12,15H2,1-2H3,(H,23,24). The third-order valence-electron chi connectivity index (χ3n) is 4.27. The van der Waals surface area contributed by atoms with Crippen molar-refractivity contribution in [1.29, 1.82) is 0 Å². The molecular weight excluding hydrogens is 310 g/mol. The van der Waals surface area contributed by atoms with Gasteiger partial charge in [0.15, 0.2) is 0 Å². The van der Waals surface area contributed by atoms with Crippen LogP contribution in [0.25, 0.3) is 10.8 Å². The van der Waals surface area contributed by atoms with Gasteiger partial charge in [0.1, 0.15) is 12.4 Å². The molecule has 128 valence electrons. The van der Waals surface area contributed by atoms with Gasteiger partial charge in [-0.2, -0.15) is 0 Å². The molecule has 0 bridgehead atoms. The van der Waals surface area contributed by atoms with E-state index in [1.54, 1.807) is 0 Å². The fourth-order valence-electron chi connectivity index (χ4n) is 2.84. The summed E-state index contributed by atoms with van der Waals surface area (Å²) in [5, 5.41) is 5.26. The normalized spacial score (nSPS) is 10.6. The molecule has 0 radical (unpaired) electrons. The molecule has 3 nitrogen and oxygen atoms in total. The lowest BCUT2D eigenvalue weighted by atomic mass is 10.0. The first-order valence-corrected chi connectivity index (χ1v) is 8.56. The summed E-state index contributed by atoms with van der Waals surface area (Å²) in [5.41, 5.74) is 3.40. The first-order chi connectivity index (χ1) is 12.1. The summed E-state index contributed by atoms with van der Waals surface area (Å²) >= 11 is 0. The predicted octanol–water partition coefficient (Wildman–Crippen LogP) is 4.19. The molecule has 3 aromatic carbocycles. The third kappa shape index (κ3) is 4.60. The van der Waals surface area contributed by atoms with Gasteiger partial charge in [-0.3, -0.25) is 4.79 Å². The summed E-state index contributed by atoms with van der Waals surface area (Å²) in [6.45, 7) is 5.02. The van der Waals surface area contributed by atoms with E-state index >= 15 is 0 Å². The highest BCUT2D eigenvalue weighted by molar-refractivity contribution is 5.83. The molecule has 0 saturated carbocycles. The second-order valence-electron chi connectivity index (χ2n) is 6.31.